The van der Waals surface area contributed by atoms with Crippen molar-refractivity contribution in [2.45, 2.75) is 33.6 Å². The average molecular weight is 543 g/mol. The summed E-state index contributed by atoms with van der Waals surface area (Å²) in [4.78, 5) is 16.3. The predicted octanol–water partition coefficient (Wildman–Crippen LogP) is 3.47. The maximum atomic E-state index is 13.8. The van der Waals surface area contributed by atoms with Crippen LogP contribution in [0.2, 0.25) is 0 Å². The van der Waals surface area contributed by atoms with Gasteiger partial charge in [0.05, 0.1) is 12.0 Å². The number of halogens is 3. The lowest BCUT2D eigenvalue weighted by Crippen LogP contribution is -2.41. The molecule has 0 atom stereocenters. The molecule has 1 rings (SSSR count). The number of guanidine groups is 1. The SMILES string of the molecule is CCNC(=NCC(C)(C)C(=O)NC)NCCCc1ccc(Br)cc1F.I. The van der Waals surface area contributed by atoms with Gasteiger partial charge in [0.2, 0.25) is 5.91 Å². The third-order valence-corrected chi connectivity index (χ3v) is 4.24. The molecule has 0 radical (unpaired) electrons. The average Bonchev–Trinajstić information content (AvgIpc) is 2.57. The van der Waals surface area contributed by atoms with Gasteiger partial charge in [-0.3, -0.25) is 9.79 Å². The van der Waals surface area contributed by atoms with Gasteiger partial charge >= 0.3 is 0 Å². The Morgan fingerprint density at radius 2 is 2.00 bits per heavy atom. The van der Waals surface area contributed by atoms with Gasteiger partial charge in [0.25, 0.3) is 0 Å². The number of nitrogens with zero attached hydrogens (tertiary/aromatic N) is 1. The van der Waals surface area contributed by atoms with Gasteiger partial charge < -0.3 is 16.0 Å². The topological polar surface area (TPSA) is 65.5 Å². The minimum Gasteiger partial charge on any atom is -0.359 e. The maximum absolute atomic E-state index is 13.8. The molecule has 0 aliphatic heterocycles. The number of hydrogen-bond acceptors (Lipinski definition) is 2. The lowest BCUT2D eigenvalue weighted by Gasteiger charge is -2.21. The first-order valence-electron chi connectivity index (χ1n) is 8.48. The fraction of sp³-hybridized carbons (Fsp3) is 0.556. The van der Waals surface area contributed by atoms with E-state index in [0.717, 1.165) is 17.4 Å². The number of benzene rings is 1. The van der Waals surface area contributed by atoms with Gasteiger partial charge in [-0.05, 0) is 51.3 Å². The fourth-order valence-electron chi connectivity index (χ4n) is 2.24. The monoisotopic (exact) mass is 542 g/mol. The van der Waals surface area contributed by atoms with Crippen LogP contribution >= 0.6 is 39.9 Å². The van der Waals surface area contributed by atoms with E-state index in [9.17, 15) is 9.18 Å². The van der Waals surface area contributed by atoms with Crippen molar-refractivity contribution >= 4 is 51.8 Å². The molecule has 26 heavy (non-hydrogen) atoms. The number of nitrogens with one attached hydrogen (secondary N) is 3. The molecule has 0 heterocycles. The summed E-state index contributed by atoms with van der Waals surface area (Å²) in [6.45, 7) is 7.47. The Kier molecular flexibility index (Phi) is 12.0. The highest BCUT2D eigenvalue weighted by atomic mass is 127. The number of carbonyl (C=O) groups excluding carboxylic acids is 1. The zero-order valence-corrected chi connectivity index (χ0v) is 19.7. The third kappa shape index (κ3) is 8.66. The van der Waals surface area contributed by atoms with Crippen LogP contribution in [-0.4, -0.2) is 38.5 Å². The molecule has 0 spiro atoms. The number of carbonyl (C=O) groups is 1. The van der Waals surface area contributed by atoms with Crippen LogP contribution < -0.4 is 16.0 Å². The lowest BCUT2D eigenvalue weighted by atomic mass is 9.93. The second-order valence-electron chi connectivity index (χ2n) is 6.42. The van der Waals surface area contributed by atoms with Crippen molar-refractivity contribution < 1.29 is 9.18 Å². The summed E-state index contributed by atoms with van der Waals surface area (Å²) in [5, 5.41) is 9.04. The lowest BCUT2D eigenvalue weighted by molar-refractivity contribution is -0.128. The molecular formula is C18H29BrFIN4O. The largest absolute Gasteiger partial charge is 0.359 e. The van der Waals surface area contributed by atoms with E-state index in [1.54, 1.807) is 13.1 Å². The Morgan fingerprint density at radius 3 is 2.58 bits per heavy atom. The van der Waals surface area contributed by atoms with Gasteiger partial charge in [0.15, 0.2) is 5.96 Å². The van der Waals surface area contributed by atoms with Gasteiger partial charge in [0.1, 0.15) is 5.82 Å². The highest BCUT2D eigenvalue weighted by molar-refractivity contribution is 14.0. The minimum absolute atomic E-state index is 0. The molecule has 0 bridgehead atoms. The van der Waals surface area contributed by atoms with Crippen molar-refractivity contribution in [1.29, 1.82) is 0 Å². The van der Waals surface area contributed by atoms with E-state index in [1.165, 1.54) is 6.07 Å². The van der Waals surface area contributed by atoms with E-state index in [0.29, 0.717) is 31.0 Å². The maximum Gasteiger partial charge on any atom is 0.227 e. The first-order chi connectivity index (χ1) is 11.8. The quantitative estimate of drug-likeness (QED) is 0.204. The first kappa shape index (κ1) is 25.1. The van der Waals surface area contributed by atoms with Gasteiger partial charge in [-0.15, -0.1) is 24.0 Å². The van der Waals surface area contributed by atoms with Crippen LogP contribution in [0.15, 0.2) is 27.7 Å². The van der Waals surface area contributed by atoms with Crippen molar-refractivity contribution in [3.8, 4) is 0 Å². The predicted molar refractivity (Wildman–Crippen MR) is 120 cm³/mol. The van der Waals surface area contributed by atoms with Crippen LogP contribution in [0.5, 0.6) is 0 Å². The molecule has 0 fully saturated rings. The smallest absolute Gasteiger partial charge is 0.227 e. The Morgan fingerprint density at radius 1 is 1.31 bits per heavy atom. The molecule has 1 amide bonds. The number of amides is 1. The molecule has 148 valence electrons. The summed E-state index contributed by atoms with van der Waals surface area (Å²) in [6.07, 6.45) is 1.43. The molecule has 0 aromatic heterocycles. The molecule has 0 aliphatic carbocycles. The molecule has 1 aromatic rings. The Labute approximate surface area is 181 Å². The van der Waals surface area contributed by atoms with Crippen molar-refractivity contribution in [2.75, 3.05) is 26.7 Å². The van der Waals surface area contributed by atoms with Gasteiger partial charge in [-0.25, -0.2) is 4.39 Å². The number of aryl methyl sites for hydroxylation is 1. The molecular weight excluding hydrogens is 514 g/mol. The van der Waals surface area contributed by atoms with Crippen LogP contribution in [0.3, 0.4) is 0 Å². The Bertz CT molecular complexity index is 611. The number of hydrogen-bond donors (Lipinski definition) is 3. The molecule has 5 nitrogen and oxygen atoms in total. The Hall–Kier alpha value is -0.900. The third-order valence-electron chi connectivity index (χ3n) is 3.75. The van der Waals surface area contributed by atoms with Crippen LogP contribution in [0.1, 0.15) is 32.8 Å². The van der Waals surface area contributed by atoms with Crippen molar-refractivity contribution in [1.82, 2.24) is 16.0 Å². The zero-order chi connectivity index (χ0) is 18.9. The molecule has 0 unspecified atom stereocenters. The molecule has 3 N–H and O–H groups in total. The van der Waals surface area contributed by atoms with Gasteiger partial charge in [0, 0.05) is 24.6 Å². The second-order valence-corrected chi connectivity index (χ2v) is 7.34. The van der Waals surface area contributed by atoms with Crippen LogP contribution in [0.25, 0.3) is 0 Å². The van der Waals surface area contributed by atoms with E-state index in [2.05, 4.69) is 36.9 Å². The van der Waals surface area contributed by atoms with E-state index in [-0.39, 0.29) is 35.7 Å². The van der Waals surface area contributed by atoms with Gasteiger partial charge in [-0.1, -0.05) is 22.0 Å². The highest BCUT2D eigenvalue weighted by Crippen LogP contribution is 2.16. The van der Waals surface area contributed by atoms with E-state index >= 15 is 0 Å². The van der Waals surface area contributed by atoms with Crippen LogP contribution in [-0.2, 0) is 11.2 Å². The second kappa shape index (κ2) is 12.5. The van der Waals surface area contributed by atoms with Crippen molar-refractivity contribution in [3.63, 3.8) is 0 Å². The summed E-state index contributed by atoms with van der Waals surface area (Å²) < 4.78 is 14.5. The van der Waals surface area contributed by atoms with Crippen LogP contribution in [0.4, 0.5) is 4.39 Å². The fourth-order valence-corrected chi connectivity index (χ4v) is 2.57. The summed E-state index contributed by atoms with van der Waals surface area (Å²) in [5.74, 6) is 0.427. The first-order valence-corrected chi connectivity index (χ1v) is 9.27. The van der Waals surface area contributed by atoms with Gasteiger partial charge in [-0.2, -0.15) is 0 Å². The Balaban J connectivity index is 0.00000625. The summed E-state index contributed by atoms with van der Waals surface area (Å²) in [7, 11) is 1.62. The van der Waals surface area contributed by atoms with Crippen molar-refractivity contribution in [3.05, 3.63) is 34.1 Å². The molecule has 0 saturated heterocycles. The van der Waals surface area contributed by atoms with E-state index in [1.807, 2.05) is 26.8 Å². The summed E-state index contributed by atoms with van der Waals surface area (Å²) >= 11 is 3.26. The van der Waals surface area contributed by atoms with Crippen LogP contribution in [0, 0.1) is 11.2 Å². The normalized spacial score (nSPS) is 11.5. The summed E-state index contributed by atoms with van der Waals surface area (Å²) in [6, 6.07) is 5.12. The molecule has 0 aliphatic rings. The minimum atomic E-state index is -0.572. The summed E-state index contributed by atoms with van der Waals surface area (Å²) in [5.41, 5.74) is 0.130. The van der Waals surface area contributed by atoms with E-state index in [4.69, 9.17) is 0 Å². The number of aliphatic imine (C=N–C) groups is 1. The number of rotatable bonds is 8. The molecule has 0 saturated carbocycles. The molecule has 8 heteroatoms. The van der Waals surface area contributed by atoms with Crippen molar-refractivity contribution in [2.24, 2.45) is 10.4 Å². The highest BCUT2D eigenvalue weighted by Gasteiger charge is 2.26. The zero-order valence-electron chi connectivity index (χ0n) is 15.8. The molecule has 1 aromatic carbocycles. The standard InChI is InChI=1S/C18H28BrFN4O.HI/c1-5-22-17(24-12-18(2,3)16(25)21-4)23-10-6-7-13-8-9-14(19)11-15(13)20;/h8-9,11H,5-7,10,12H2,1-4H3,(H,21,25)(H2,22,23,24);1H. The van der Waals surface area contributed by atoms with E-state index < -0.39 is 5.41 Å².